The Morgan fingerprint density at radius 3 is 2.83 bits per heavy atom. The number of hydrogen-bond acceptors (Lipinski definition) is 6. The SMILES string of the molecule is Cc1[nH]ncc1CNC(=O)c1ccc(NN)nn1. The van der Waals surface area contributed by atoms with Crippen LogP contribution in [0.3, 0.4) is 0 Å². The highest BCUT2D eigenvalue weighted by atomic mass is 16.1. The predicted molar refractivity (Wildman–Crippen MR) is 64.3 cm³/mol. The monoisotopic (exact) mass is 247 g/mol. The molecular formula is C10H13N7O. The molecule has 2 aromatic rings. The molecule has 0 aliphatic heterocycles. The summed E-state index contributed by atoms with van der Waals surface area (Å²) in [5.74, 6) is 5.25. The molecule has 2 aromatic heterocycles. The van der Waals surface area contributed by atoms with Crippen LogP contribution in [0.25, 0.3) is 0 Å². The van der Waals surface area contributed by atoms with E-state index in [1.807, 2.05) is 6.92 Å². The van der Waals surface area contributed by atoms with Crippen molar-refractivity contribution in [2.45, 2.75) is 13.5 Å². The lowest BCUT2D eigenvalue weighted by molar-refractivity contribution is 0.0945. The van der Waals surface area contributed by atoms with Gasteiger partial charge in [0.05, 0.1) is 6.20 Å². The van der Waals surface area contributed by atoms with Crippen LogP contribution in [-0.4, -0.2) is 26.3 Å². The first-order valence-corrected chi connectivity index (χ1v) is 5.28. The normalized spacial score (nSPS) is 10.1. The Labute approximate surface area is 103 Å². The summed E-state index contributed by atoms with van der Waals surface area (Å²) in [5, 5.41) is 16.9. The molecule has 0 aliphatic carbocycles. The van der Waals surface area contributed by atoms with Gasteiger partial charge >= 0.3 is 0 Å². The first-order valence-electron chi connectivity index (χ1n) is 5.28. The Balaban J connectivity index is 1.97. The molecule has 2 heterocycles. The molecule has 18 heavy (non-hydrogen) atoms. The Bertz CT molecular complexity index is 533. The fraction of sp³-hybridized carbons (Fsp3) is 0.200. The number of nitrogens with one attached hydrogen (secondary N) is 3. The molecule has 94 valence electrons. The number of nitrogens with zero attached hydrogens (tertiary/aromatic N) is 3. The Kier molecular flexibility index (Phi) is 3.49. The Morgan fingerprint density at radius 1 is 1.44 bits per heavy atom. The summed E-state index contributed by atoms with van der Waals surface area (Å²) < 4.78 is 0. The third kappa shape index (κ3) is 2.61. The highest BCUT2D eigenvalue weighted by Gasteiger charge is 2.09. The van der Waals surface area contributed by atoms with Crippen LogP contribution in [0.2, 0.25) is 0 Å². The van der Waals surface area contributed by atoms with Crippen molar-refractivity contribution in [1.29, 1.82) is 0 Å². The number of nitrogens with two attached hydrogens (primary N) is 1. The van der Waals surface area contributed by atoms with Gasteiger partial charge in [0.1, 0.15) is 0 Å². The van der Waals surface area contributed by atoms with Crippen LogP contribution in [0.15, 0.2) is 18.3 Å². The molecule has 0 fully saturated rings. The highest BCUT2D eigenvalue weighted by molar-refractivity contribution is 5.92. The Hall–Kier alpha value is -2.48. The van der Waals surface area contributed by atoms with Crippen LogP contribution < -0.4 is 16.6 Å². The molecule has 0 bridgehead atoms. The number of hydrazine groups is 1. The maximum atomic E-state index is 11.8. The number of carbonyl (C=O) groups is 1. The van der Waals surface area contributed by atoms with E-state index in [4.69, 9.17) is 5.84 Å². The summed E-state index contributed by atoms with van der Waals surface area (Å²) in [7, 11) is 0. The van der Waals surface area contributed by atoms with E-state index in [1.165, 1.54) is 0 Å². The number of aromatic amines is 1. The van der Waals surface area contributed by atoms with E-state index in [0.29, 0.717) is 12.4 Å². The molecule has 0 aromatic carbocycles. The lowest BCUT2D eigenvalue weighted by Crippen LogP contribution is -2.24. The highest BCUT2D eigenvalue weighted by Crippen LogP contribution is 2.03. The molecule has 0 aliphatic rings. The van der Waals surface area contributed by atoms with Gasteiger partial charge in [-0.2, -0.15) is 5.10 Å². The molecule has 5 N–H and O–H groups in total. The van der Waals surface area contributed by atoms with E-state index in [1.54, 1.807) is 18.3 Å². The molecule has 2 rings (SSSR count). The minimum Gasteiger partial charge on any atom is -0.346 e. The quantitative estimate of drug-likeness (QED) is 0.435. The molecule has 0 atom stereocenters. The van der Waals surface area contributed by atoms with Crippen LogP contribution in [0.4, 0.5) is 5.82 Å². The van der Waals surface area contributed by atoms with Crippen LogP contribution in [0, 0.1) is 6.92 Å². The van der Waals surface area contributed by atoms with Gasteiger partial charge in [-0.15, -0.1) is 10.2 Å². The first kappa shape index (κ1) is 12.0. The molecule has 0 spiro atoms. The number of aryl methyl sites for hydroxylation is 1. The number of rotatable bonds is 4. The van der Waals surface area contributed by atoms with Crippen molar-refractivity contribution in [1.82, 2.24) is 25.7 Å². The van der Waals surface area contributed by atoms with Gasteiger partial charge in [-0.3, -0.25) is 9.89 Å². The maximum absolute atomic E-state index is 11.8. The van der Waals surface area contributed by atoms with Crippen molar-refractivity contribution in [2.24, 2.45) is 5.84 Å². The number of H-pyrrole nitrogens is 1. The van der Waals surface area contributed by atoms with Gasteiger partial charge in [0.25, 0.3) is 5.91 Å². The zero-order chi connectivity index (χ0) is 13.0. The van der Waals surface area contributed by atoms with E-state index in [2.05, 4.69) is 31.1 Å². The summed E-state index contributed by atoms with van der Waals surface area (Å²) in [6, 6.07) is 3.12. The van der Waals surface area contributed by atoms with Gasteiger partial charge < -0.3 is 10.7 Å². The van der Waals surface area contributed by atoms with Crippen molar-refractivity contribution in [3.05, 3.63) is 35.3 Å². The molecule has 8 nitrogen and oxygen atoms in total. The third-order valence-electron chi connectivity index (χ3n) is 2.42. The van der Waals surface area contributed by atoms with Gasteiger partial charge in [0.15, 0.2) is 11.5 Å². The predicted octanol–water partition coefficient (Wildman–Crippen LogP) is -0.276. The minimum atomic E-state index is -0.299. The zero-order valence-electron chi connectivity index (χ0n) is 9.77. The molecule has 8 heteroatoms. The molecular weight excluding hydrogens is 234 g/mol. The first-order chi connectivity index (χ1) is 8.70. The molecule has 1 amide bonds. The summed E-state index contributed by atoms with van der Waals surface area (Å²) in [4.78, 5) is 11.8. The van der Waals surface area contributed by atoms with Crippen molar-refractivity contribution in [3.8, 4) is 0 Å². The Morgan fingerprint density at radius 2 is 2.28 bits per heavy atom. The van der Waals surface area contributed by atoms with Crippen molar-refractivity contribution >= 4 is 11.7 Å². The second-order valence-corrected chi connectivity index (χ2v) is 3.65. The molecule has 0 radical (unpaired) electrons. The van der Waals surface area contributed by atoms with Crippen LogP contribution in [0.5, 0.6) is 0 Å². The number of hydrogen-bond donors (Lipinski definition) is 4. The topological polar surface area (TPSA) is 122 Å². The zero-order valence-corrected chi connectivity index (χ0v) is 9.77. The van der Waals surface area contributed by atoms with E-state index >= 15 is 0 Å². The van der Waals surface area contributed by atoms with Gasteiger partial charge in [-0.05, 0) is 19.1 Å². The summed E-state index contributed by atoms with van der Waals surface area (Å²) >= 11 is 0. The summed E-state index contributed by atoms with van der Waals surface area (Å²) in [6.07, 6.45) is 1.67. The molecule has 0 saturated heterocycles. The number of aromatic nitrogens is 4. The average molecular weight is 247 g/mol. The average Bonchev–Trinajstić information content (AvgIpc) is 2.81. The minimum absolute atomic E-state index is 0.232. The fourth-order valence-corrected chi connectivity index (χ4v) is 1.35. The number of anilines is 1. The van der Waals surface area contributed by atoms with E-state index in [9.17, 15) is 4.79 Å². The standard InChI is InChI=1S/C10H13N7O/c1-6-7(5-13-15-6)4-12-10(18)8-2-3-9(14-11)17-16-8/h2-3,5H,4,11H2,1H3,(H,12,18)(H,13,15)(H,14,17). The van der Waals surface area contributed by atoms with Crippen LogP contribution >= 0.6 is 0 Å². The van der Waals surface area contributed by atoms with E-state index in [0.717, 1.165) is 11.3 Å². The van der Waals surface area contributed by atoms with Crippen LogP contribution in [-0.2, 0) is 6.54 Å². The molecule has 0 unspecified atom stereocenters. The lowest BCUT2D eigenvalue weighted by atomic mass is 10.2. The number of nitrogen functional groups attached to an aromatic ring is 1. The summed E-state index contributed by atoms with van der Waals surface area (Å²) in [6.45, 7) is 2.27. The number of amides is 1. The maximum Gasteiger partial charge on any atom is 0.272 e. The lowest BCUT2D eigenvalue weighted by Gasteiger charge is -2.04. The van der Waals surface area contributed by atoms with Crippen LogP contribution in [0.1, 0.15) is 21.7 Å². The van der Waals surface area contributed by atoms with Crippen molar-refractivity contribution < 1.29 is 4.79 Å². The third-order valence-corrected chi connectivity index (χ3v) is 2.42. The van der Waals surface area contributed by atoms with Gasteiger partial charge in [0, 0.05) is 17.8 Å². The van der Waals surface area contributed by atoms with Crippen molar-refractivity contribution in [3.63, 3.8) is 0 Å². The smallest absolute Gasteiger partial charge is 0.272 e. The number of carbonyl (C=O) groups excluding carboxylic acids is 1. The van der Waals surface area contributed by atoms with Gasteiger partial charge in [0.2, 0.25) is 0 Å². The largest absolute Gasteiger partial charge is 0.346 e. The summed E-state index contributed by atoms with van der Waals surface area (Å²) in [5.41, 5.74) is 4.42. The second kappa shape index (κ2) is 5.23. The van der Waals surface area contributed by atoms with Gasteiger partial charge in [-0.25, -0.2) is 5.84 Å². The van der Waals surface area contributed by atoms with Crippen molar-refractivity contribution in [2.75, 3.05) is 5.43 Å². The molecule has 0 saturated carbocycles. The second-order valence-electron chi connectivity index (χ2n) is 3.65. The fourth-order valence-electron chi connectivity index (χ4n) is 1.35. The van der Waals surface area contributed by atoms with E-state index < -0.39 is 0 Å². The van der Waals surface area contributed by atoms with E-state index in [-0.39, 0.29) is 11.6 Å². The van der Waals surface area contributed by atoms with Gasteiger partial charge in [-0.1, -0.05) is 0 Å².